The highest BCUT2D eigenvalue weighted by molar-refractivity contribution is 5.95. The number of nitrogens with zero attached hydrogens (tertiary/aromatic N) is 1. The van der Waals surface area contributed by atoms with Gasteiger partial charge < -0.3 is 19.6 Å². The maximum atomic E-state index is 11.8. The number of nitrogens with one attached hydrogen (secondary N) is 1. The minimum atomic E-state index is -0.575. The SMILES string of the molecule is Cc1occc1C(=O)NCC(O)CN1CCOCC1. The van der Waals surface area contributed by atoms with Gasteiger partial charge >= 0.3 is 0 Å². The third-order valence-electron chi connectivity index (χ3n) is 3.17. The van der Waals surface area contributed by atoms with E-state index in [1.165, 1.54) is 6.26 Å². The van der Waals surface area contributed by atoms with Crippen molar-refractivity contribution in [1.29, 1.82) is 0 Å². The van der Waals surface area contributed by atoms with Crippen LogP contribution < -0.4 is 5.32 Å². The minimum Gasteiger partial charge on any atom is -0.469 e. The first-order valence-corrected chi connectivity index (χ1v) is 6.47. The van der Waals surface area contributed by atoms with Crippen LogP contribution in [-0.2, 0) is 4.74 Å². The number of aliphatic hydroxyl groups is 1. The van der Waals surface area contributed by atoms with Crippen LogP contribution in [0.3, 0.4) is 0 Å². The normalized spacial score (nSPS) is 18.2. The molecule has 1 aromatic heterocycles. The van der Waals surface area contributed by atoms with Crippen molar-refractivity contribution < 1.29 is 19.1 Å². The molecule has 0 aromatic carbocycles. The van der Waals surface area contributed by atoms with Crippen LogP contribution in [0.25, 0.3) is 0 Å². The van der Waals surface area contributed by atoms with Gasteiger partial charge in [-0.1, -0.05) is 0 Å². The molecule has 0 spiro atoms. The third-order valence-corrected chi connectivity index (χ3v) is 3.17. The summed E-state index contributed by atoms with van der Waals surface area (Å²) in [6.45, 7) is 5.58. The molecule has 1 fully saturated rings. The van der Waals surface area contributed by atoms with Crippen molar-refractivity contribution in [3.63, 3.8) is 0 Å². The van der Waals surface area contributed by atoms with E-state index in [4.69, 9.17) is 9.15 Å². The average molecular weight is 268 g/mol. The van der Waals surface area contributed by atoms with Crippen LogP contribution in [0.2, 0.25) is 0 Å². The molecule has 1 aliphatic heterocycles. The van der Waals surface area contributed by atoms with Gasteiger partial charge in [0.1, 0.15) is 5.76 Å². The van der Waals surface area contributed by atoms with Crippen LogP contribution in [0, 0.1) is 6.92 Å². The lowest BCUT2D eigenvalue weighted by molar-refractivity contribution is 0.0149. The number of rotatable bonds is 5. The summed E-state index contributed by atoms with van der Waals surface area (Å²) >= 11 is 0. The number of amides is 1. The van der Waals surface area contributed by atoms with Crippen LogP contribution >= 0.6 is 0 Å². The van der Waals surface area contributed by atoms with Crippen molar-refractivity contribution in [2.24, 2.45) is 0 Å². The number of carbonyl (C=O) groups is 1. The molecular weight excluding hydrogens is 248 g/mol. The highest BCUT2D eigenvalue weighted by Crippen LogP contribution is 2.08. The smallest absolute Gasteiger partial charge is 0.254 e. The van der Waals surface area contributed by atoms with Crippen molar-refractivity contribution >= 4 is 5.91 Å². The molecule has 0 saturated carbocycles. The maximum Gasteiger partial charge on any atom is 0.254 e. The number of aliphatic hydroxyl groups excluding tert-OH is 1. The van der Waals surface area contributed by atoms with E-state index in [0.29, 0.717) is 31.1 Å². The van der Waals surface area contributed by atoms with Crippen LogP contribution in [0.15, 0.2) is 16.7 Å². The lowest BCUT2D eigenvalue weighted by Crippen LogP contribution is -2.44. The second-order valence-electron chi connectivity index (χ2n) is 4.67. The molecule has 1 amide bonds. The fourth-order valence-electron chi connectivity index (χ4n) is 2.07. The lowest BCUT2D eigenvalue weighted by atomic mass is 10.2. The van der Waals surface area contributed by atoms with E-state index < -0.39 is 6.10 Å². The summed E-state index contributed by atoms with van der Waals surface area (Å²) in [6, 6.07) is 1.62. The van der Waals surface area contributed by atoms with Gasteiger partial charge in [-0.15, -0.1) is 0 Å². The monoisotopic (exact) mass is 268 g/mol. The molecule has 6 nitrogen and oxygen atoms in total. The maximum absolute atomic E-state index is 11.8. The second kappa shape index (κ2) is 6.70. The first kappa shape index (κ1) is 14.0. The molecule has 0 radical (unpaired) electrons. The van der Waals surface area contributed by atoms with Gasteiger partial charge in [-0.05, 0) is 13.0 Å². The summed E-state index contributed by atoms with van der Waals surface area (Å²) in [5, 5.41) is 12.6. The Balaban J connectivity index is 1.72. The van der Waals surface area contributed by atoms with E-state index >= 15 is 0 Å². The molecule has 1 atom stereocenters. The predicted molar refractivity (Wildman–Crippen MR) is 69.0 cm³/mol. The molecule has 2 N–H and O–H groups in total. The third kappa shape index (κ3) is 4.05. The molecule has 1 saturated heterocycles. The van der Waals surface area contributed by atoms with E-state index in [2.05, 4.69) is 10.2 Å². The van der Waals surface area contributed by atoms with E-state index in [1.54, 1.807) is 13.0 Å². The van der Waals surface area contributed by atoms with E-state index in [0.717, 1.165) is 13.1 Å². The molecule has 1 unspecified atom stereocenters. The van der Waals surface area contributed by atoms with E-state index in [9.17, 15) is 9.90 Å². The number of hydrogen-bond donors (Lipinski definition) is 2. The zero-order chi connectivity index (χ0) is 13.7. The zero-order valence-electron chi connectivity index (χ0n) is 11.1. The van der Waals surface area contributed by atoms with Crippen molar-refractivity contribution in [2.75, 3.05) is 39.4 Å². The molecule has 1 aliphatic rings. The molecular formula is C13H20N2O4. The Bertz CT molecular complexity index is 413. The van der Waals surface area contributed by atoms with Gasteiger partial charge in [-0.2, -0.15) is 0 Å². The van der Waals surface area contributed by atoms with Gasteiger partial charge in [-0.3, -0.25) is 9.69 Å². The minimum absolute atomic E-state index is 0.215. The van der Waals surface area contributed by atoms with Crippen LogP contribution in [-0.4, -0.2) is 61.4 Å². The Morgan fingerprint density at radius 1 is 1.53 bits per heavy atom. The summed E-state index contributed by atoms with van der Waals surface area (Å²) in [4.78, 5) is 13.9. The summed E-state index contributed by atoms with van der Waals surface area (Å²) in [5.41, 5.74) is 0.513. The Kier molecular flexibility index (Phi) is 4.95. The van der Waals surface area contributed by atoms with E-state index in [1.807, 2.05) is 0 Å². The summed E-state index contributed by atoms with van der Waals surface area (Å²) in [6.07, 6.45) is 0.906. The standard InChI is InChI=1S/C13H20N2O4/c1-10-12(2-5-19-10)13(17)14-8-11(16)9-15-3-6-18-7-4-15/h2,5,11,16H,3-4,6-9H2,1H3,(H,14,17). The number of aryl methyl sites for hydroxylation is 1. The van der Waals surface area contributed by atoms with Crippen molar-refractivity contribution in [1.82, 2.24) is 10.2 Å². The van der Waals surface area contributed by atoms with Crippen LogP contribution in [0.1, 0.15) is 16.1 Å². The first-order valence-electron chi connectivity index (χ1n) is 6.47. The van der Waals surface area contributed by atoms with Gasteiger partial charge in [0.15, 0.2) is 0 Å². The lowest BCUT2D eigenvalue weighted by Gasteiger charge is -2.28. The van der Waals surface area contributed by atoms with E-state index in [-0.39, 0.29) is 12.5 Å². The summed E-state index contributed by atoms with van der Waals surface area (Å²) < 4.78 is 10.3. The number of furan rings is 1. The molecule has 106 valence electrons. The fraction of sp³-hybridized carbons (Fsp3) is 0.615. The Morgan fingerprint density at radius 3 is 2.89 bits per heavy atom. The van der Waals surface area contributed by atoms with Crippen LogP contribution in [0.5, 0.6) is 0 Å². The predicted octanol–water partition coefficient (Wildman–Crippen LogP) is 0.0109. The van der Waals surface area contributed by atoms with Crippen molar-refractivity contribution in [2.45, 2.75) is 13.0 Å². The topological polar surface area (TPSA) is 74.9 Å². The van der Waals surface area contributed by atoms with Crippen molar-refractivity contribution in [3.05, 3.63) is 23.7 Å². The number of ether oxygens (including phenoxy) is 1. The van der Waals surface area contributed by atoms with Gasteiger partial charge in [0.25, 0.3) is 5.91 Å². The zero-order valence-corrected chi connectivity index (χ0v) is 11.1. The average Bonchev–Trinajstić information content (AvgIpc) is 2.83. The highest BCUT2D eigenvalue weighted by atomic mass is 16.5. The summed E-state index contributed by atoms with van der Waals surface area (Å²) in [5.74, 6) is 0.368. The van der Waals surface area contributed by atoms with Crippen LogP contribution in [0.4, 0.5) is 0 Å². The highest BCUT2D eigenvalue weighted by Gasteiger charge is 2.16. The quantitative estimate of drug-likeness (QED) is 0.787. The Hall–Kier alpha value is -1.37. The molecule has 19 heavy (non-hydrogen) atoms. The largest absolute Gasteiger partial charge is 0.469 e. The summed E-state index contributed by atoms with van der Waals surface area (Å²) in [7, 11) is 0. The molecule has 6 heteroatoms. The Labute approximate surface area is 112 Å². The number of carbonyl (C=O) groups excluding carboxylic acids is 1. The second-order valence-corrected chi connectivity index (χ2v) is 4.67. The van der Waals surface area contributed by atoms with Gasteiger partial charge in [0.05, 0.1) is 31.1 Å². The molecule has 2 rings (SSSR count). The fourth-order valence-corrected chi connectivity index (χ4v) is 2.07. The molecule has 0 aliphatic carbocycles. The number of hydrogen-bond acceptors (Lipinski definition) is 5. The van der Waals surface area contributed by atoms with Crippen molar-refractivity contribution in [3.8, 4) is 0 Å². The number of morpholine rings is 1. The number of β-amino-alcohol motifs (C(OH)–C–C–N with tert-alkyl or cyclic N) is 1. The van der Waals surface area contributed by atoms with Gasteiger partial charge in [-0.25, -0.2) is 0 Å². The molecule has 2 heterocycles. The first-order chi connectivity index (χ1) is 9.16. The van der Waals surface area contributed by atoms with Gasteiger partial charge in [0.2, 0.25) is 0 Å². The molecule has 0 bridgehead atoms. The molecule has 1 aromatic rings. The van der Waals surface area contributed by atoms with Gasteiger partial charge in [0, 0.05) is 26.2 Å². The Morgan fingerprint density at radius 2 is 2.26 bits per heavy atom.